The monoisotopic (exact) mass is 406 g/mol. The number of aliphatic hydroxyl groups is 1. The van der Waals surface area contributed by atoms with E-state index in [0.717, 1.165) is 31.2 Å². The van der Waals surface area contributed by atoms with Gasteiger partial charge in [-0.05, 0) is 48.5 Å². The minimum Gasteiger partial charge on any atom is -0.507 e. The molecule has 0 unspecified atom stereocenters. The molecule has 10 heteroatoms. The molecule has 2 aromatic carbocycles. The van der Waals surface area contributed by atoms with Gasteiger partial charge in [-0.1, -0.05) is 0 Å². The third-order valence-electron chi connectivity index (χ3n) is 3.33. The van der Waals surface area contributed by atoms with Gasteiger partial charge in [0.2, 0.25) is 11.7 Å². The molecule has 146 valence electrons. The van der Waals surface area contributed by atoms with Crippen LogP contribution in [0.4, 0.5) is 10.1 Å². The van der Waals surface area contributed by atoms with Gasteiger partial charge in [-0.3, -0.25) is 14.4 Å². The number of halogens is 1. The Morgan fingerprint density at radius 2 is 1.57 bits per heavy atom. The fourth-order valence-corrected chi connectivity index (χ4v) is 3.04. The highest BCUT2D eigenvalue weighted by atomic mass is 32.2. The summed E-state index contributed by atoms with van der Waals surface area (Å²) in [4.78, 5) is 34.5. The van der Waals surface area contributed by atoms with Crippen LogP contribution in [0, 0.1) is 5.82 Å². The van der Waals surface area contributed by atoms with Crippen LogP contribution in [0.2, 0.25) is 0 Å². The van der Waals surface area contributed by atoms with E-state index in [1.165, 1.54) is 24.3 Å². The Morgan fingerprint density at radius 3 is 2.11 bits per heavy atom. The number of aliphatic hydroxyl groups excluding tert-OH is 1. The maximum atomic E-state index is 12.9. The minimum absolute atomic E-state index is 0.120. The van der Waals surface area contributed by atoms with Crippen molar-refractivity contribution in [3.8, 4) is 0 Å². The van der Waals surface area contributed by atoms with Crippen LogP contribution in [0.3, 0.4) is 0 Å². The Bertz CT molecular complexity index is 1040. The number of carbonyl (C=O) groups is 3. The molecule has 0 bridgehead atoms. The SMILES string of the molecule is CC(=O)NS(=O)(=O)c1ccc(NC(=O)C(=O)C=C(O)c2ccc(F)cc2)cc1. The predicted molar refractivity (Wildman–Crippen MR) is 98.1 cm³/mol. The van der Waals surface area contributed by atoms with Crippen LogP contribution in [0.15, 0.2) is 59.5 Å². The number of carbonyl (C=O) groups excluding carboxylic acids is 3. The molecule has 0 aromatic heterocycles. The summed E-state index contributed by atoms with van der Waals surface area (Å²) in [6, 6.07) is 9.36. The average molecular weight is 406 g/mol. The van der Waals surface area contributed by atoms with Crippen LogP contribution < -0.4 is 10.0 Å². The maximum absolute atomic E-state index is 12.9. The highest BCUT2D eigenvalue weighted by Gasteiger charge is 2.17. The number of rotatable bonds is 6. The molecule has 2 aromatic rings. The first-order valence-electron chi connectivity index (χ1n) is 7.74. The number of hydrogen-bond donors (Lipinski definition) is 3. The zero-order valence-electron chi connectivity index (χ0n) is 14.5. The van der Waals surface area contributed by atoms with Gasteiger partial charge < -0.3 is 10.4 Å². The van der Waals surface area contributed by atoms with E-state index < -0.39 is 39.2 Å². The Hall–Kier alpha value is -3.53. The smallest absolute Gasteiger partial charge is 0.296 e. The van der Waals surface area contributed by atoms with Crippen molar-refractivity contribution in [2.24, 2.45) is 0 Å². The lowest BCUT2D eigenvalue weighted by Gasteiger charge is -2.07. The fourth-order valence-electron chi connectivity index (χ4n) is 2.05. The summed E-state index contributed by atoms with van der Waals surface area (Å²) in [5, 5.41) is 12.1. The Balaban J connectivity index is 2.08. The van der Waals surface area contributed by atoms with Crippen LogP contribution in [0.5, 0.6) is 0 Å². The lowest BCUT2D eigenvalue weighted by molar-refractivity contribution is -0.131. The van der Waals surface area contributed by atoms with Crippen molar-refractivity contribution in [1.29, 1.82) is 0 Å². The van der Waals surface area contributed by atoms with Crippen LogP contribution in [-0.4, -0.2) is 31.1 Å². The molecule has 0 aliphatic heterocycles. The molecule has 0 saturated carbocycles. The van der Waals surface area contributed by atoms with Crippen molar-refractivity contribution in [2.45, 2.75) is 11.8 Å². The largest absolute Gasteiger partial charge is 0.507 e. The molecule has 2 amide bonds. The van der Waals surface area contributed by atoms with E-state index in [9.17, 15) is 32.3 Å². The zero-order valence-corrected chi connectivity index (χ0v) is 15.3. The quantitative estimate of drug-likeness (QED) is 0.381. The van der Waals surface area contributed by atoms with Gasteiger partial charge in [0.1, 0.15) is 11.6 Å². The summed E-state index contributed by atoms with van der Waals surface area (Å²) in [5.41, 5.74) is 0.268. The number of hydrogen-bond acceptors (Lipinski definition) is 6. The van der Waals surface area contributed by atoms with Gasteiger partial charge >= 0.3 is 0 Å². The van der Waals surface area contributed by atoms with Gasteiger partial charge in [0.05, 0.1) is 4.90 Å². The predicted octanol–water partition coefficient (Wildman–Crippen LogP) is 1.76. The number of anilines is 1. The van der Waals surface area contributed by atoms with Gasteiger partial charge in [0.25, 0.3) is 15.9 Å². The Labute approximate surface area is 159 Å². The molecule has 0 saturated heterocycles. The van der Waals surface area contributed by atoms with Crippen molar-refractivity contribution in [2.75, 3.05) is 5.32 Å². The molecule has 0 heterocycles. The van der Waals surface area contributed by atoms with Crippen LogP contribution in [-0.2, 0) is 24.4 Å². The van der Waals surface area contributed by atoms with Crippen LogP contribution >= 0.6 is 0 Å². The van der Waals surface area contributed by atoms with Gasteiger partial charge in [-0.15, -0.1) is 0 Å². The number of sulfonamides is 1. The molecule has 2 rings (SSSR count). The second kappa shape index (κ2) is 8.44. The Morgan fingerprint density at radius 1 is 1.00 bits per heavy atom. The highest BCUT2D eigenvalue weighted by molar-refractivity contribution is 7.90. The second-order valence-corrected chi connectivity index (χ2v) is 7.22. The minimum atomic E-state index is -4.02. The molecule has 0 fully saturated rings. The van der Waals surface area contributed by atoms with Crippen LogP contribution in [0.25, 0.3) is 5.76 Å². The lowest BCUT2D eigenvalue weighted by atomic mass is 10.1. The van der Waals surface area contributed by atoms with Gasteiger partial charge in [0.15, 0.2) is 0 Å². The molecule has 0 spiro atoms. The summed E-state index contributed by atoms with van der Waals surface area (Å²) in [6.45, 7) is 1.05. The lowest BCUT2D eigenvalue weighted by Crippen LogP contribution is -2.28. The molecular weight excluding hydrogens is 391 g/mol. The molecule has 0 atom stereocenters. The fraction of sp³-hybridized carbons (Fsp3) is 0.0556. The number of benzene rings is 2. The van der Waals surface area contributed by atoms with E-state index in [0.29, 0.717) is 6.08 Å². The standard InChI is InChI=1S/C18H15FN2O6S/c1-11(22)21-28(26,27)15-8-6-14(7-9-15)20-18(25)17(24)10-16(23)12-2-4-13(19)5-3-12/h2-10,23H,1H3,(H,20,25)(H,21,22). The highest BCUT2D eigenvalue weighted by Crippen LogP contribution is 2.15. The summed E-state index contributed by atoms with van der Waals surface area (Å²) in [5.74, 6) is -3.94. The molecule has 0 radical (unpaired) electrons. The van der Waals surface area contributed by atoms with Crippen molar-refractivity contribution in [1.82, 2.24) is 4.72 Å². The van der Waals surface area contributed by atoms with Crippen molar-refractivity contribution < 1.29 is 32.3 Å². The third kappa shape index (κ3) is 5.48. The van der Waals surface area contributed by atoms with E-state index in [2.05, 4.69) is 5.32 Å². The average Bonchev–Trinajstić information content (AvgIpc) is 2.61. The molecule has 0 aliphatic rings. The second-order valence-electron chi connectivity index (χ2n) is 5.54. The molecular formula is C18H15FN2O6S. The molecule has 0 aliphatic carbocycles. The zero-order chi connectivity index (χ0) is 20.9. The first kappa shape index (κ1) is 20.8. The van der Waals surface area contributed by atoms with Crippen molar-refractivity contribution in [3.05, 3.63) is 66.0 Å². The summed E-state index contributed by atoms with van der Waals surface area (Å²) < 4.78 is 38.3. The molecule has 3 N–H and O–H groups in total. The van der Waals surface area contributed by atoms with Gasteiger partial charge in [0, 0.05) is 24.3 Å². The first-order chi connectivity index (χ1) is 13.1. The Kier molecular flexibility index (Phi) is 6.26. The summed E-state index contributed by atoms with van der Waals surface area (Å²) >= 11 is 0. The number of ketones is 1. The topological polar surface area (TPSA) is 130 Å². The van der Waals surface area contributed by atoms with Crippen molar-refractivity contribution in [3.63, 3.8) is 0 Å². The van der Waals surface area contributed by atoms with E-state index >= 15 is 0 Å². The van der Waals surface area contributed by atoms with Gasteiger partial charge in [-0.2, -0.15) is 0 Å². The first-order valence-corrected chi connectivity index (χ1v) is 9.22. The summed E-state index contributed by atoms with van der Waals surface area (Å²) in [7, 11) is -4.02. The van der Waals surface area contributed by atoms with E-state index in [1.807, 2.05) is 0 Å². The van der Waals surface area contributed by atoms with E-state index in [4.69, 9.17) is 0 Å². The molecule has 8 nitrogen and oxygen atoms in total. The van der Waals surface area contributed by atoms with E-state index in [1.54, 1.807) is 4.72 Å². The normalized spacial score (nSPS) is 11.6. The maximum Gasteiger partial charge on any atom is 0.296 e. The van der Waals surface area contributed by atoms with E-state index in [-0.39, 0.29) is 16.1 Å². The van der Waals surface area contributed by atoms with Gasteiger partial charge in [-0.25, -0.2) is 17.5 Å². The summed E-state index contributed by atoms with van der Waals surface area (Å²) in [6.07, 6.45) is 0.679. The number of nitrogens with one attached hydrogen (secondary N) is 2. The van der Waals surface area contributed by atoms with Crippen molar-refractivity contribution >= 4 is 39.1 Å². The van der Waals surface area contributed by atoms with Crippen LogP contribution in [0.1, 0.15) is 12.5 Å². The molecule has 28 heavy (non-hydrogen) atoms. The number of amides is 2. The third-order valence-corrected chi connectivity index (χ3v) is 4.78.